The van der Waals surface area contributed by atoms with Crippen LogP contribution in [0.15, 0.2) is 60.0 Å². The summed E-state index contributed by atoms with van der Waals surface area (Å²) in [5, 5.41) is 3.85. The molecule has 5 nitrogen and oxygen atoms in total. The third-order valence-corrected chi connectivity index (χ3v) is 2.32. The van der Waals surface area contributed by atoms with Gasteiger partial charge in [0, 0.05) is 11.6 Å². The predicted molar refractivity (Wildman–Crippen MR) is 67.6 cm³/mol. The topological polar surface area (TPSA) is 81.6 Å². The highest BCUT2D eigenvalue weighted by Crippen LogP contribution is 1.98. The molecule has 0 unspecified atom stereocenters. The second-order valence-electron chi connectivity index (χ2n) is 3.60. The van der Waals surface area contributed by atoms with Crippen LogP contribution in [0.5, 0.6) is 0 Å². The Morgan fingerprint density at radius 3 is 2.50 bits per heavy atom. The summed E-state index contributed by atoms with van der Waals surface area (Å²) in [6.07, 6.45) is 3.47. The molecule has 5 heteroatoms. The second kappa shape index (κ2) is 5.58. The van der Waals surface area contributed by atoms with Crippen molar-refractivity contribution in [1.29, 1.82) is 0 Å². The Balaban J connectivity index is 2.05. The van der Waals surface area contributed by atoms with Crippen molar-refractivity contribution < 1.29 is 9.78 Å². The molecule has 0 bridgehead atoms. The number of pyridine rings is 1. The smallest absolute Gasteiger partial charge is 0.271 e. The summed E-state index contributed by atoms with van der Waals surface area (Å²) in [6, 6.07) is 12.4. The average Bonchev–Trinajstić information content (AvgIpc) is 2.46. The molecule has 0 radical (unpaired) electrons. The zero-order chi connectivity index (χ0) is 12.8. The number of hydrogen-bond donors (Lipinski definition) is 2. The lowest BCUT2D eigenvalue weighted by atomic mass is 10.2. The number of aromatic nitrogens is 1. The van der Waals surface area contributed by atoms with Gasteiger partial charge < -0.3 is 5.73 Å². The van der Waals surface area contributed by atoms with Crippen LogP contribution >= 0.6 is 0 Å². The van der Waals surface area contributed by atoms with E-state index in [1.54, 1.807) is 48.8 Å². The van der Waals surface area contributed by atoms with E-state index in [-0.39, 0.29) is 11.7 Å². The van der Waals surface area contributed by atoms with Crippen LogP contribution in [0.4, 0.5) is 0 Å². The van der Waals surface area contributed by atoms with Gasteiger partial charge in [0.2, 0.25) is 0 Å². The standard InChI is InChI=1S/C13H12N4O/c14-12(11-7-4-8-15-9-11)16-17-13(18)10-5-2-1-3-6-10/h1-9H,(H2,14,16)(H,17,18)/p+1. The van der Waals surface area contributed by atoms with Crippen LogP contribution in [0.1, 0.15) is 15.9 Å². The lowest BCUT2D eigenvalue weighted by molar-refractivity contribution is -0.378. The van der Waals surface area contributed by atoms with Crippen LogP contribution < -0.4 is 16.1 Å². The zero-order valence-electron chi connectivity index (χ0n) is 9.63. The molecule has 90 valence electrons. The Labute approximate surface area is 104 Å². The lowest BCUT2D eigenvalue weighted by Gasteiger charge is -2.01. The number of rotatable bonds is 3. The molecule has 0 aliphatic heterocycles. The number of amides is 1. The number of carbonyl (C=O) groups excluding carboxylic acids is 1. The number of aromatic amines is 1. The molecule has 2 rings (SSSR count). The minimum absolute atomic E-state index is 0.246. The van der Waals surface area contributed by atoms with Gasteiger partial charge in [0.1, 0.15) is 0 Å². The largest absolute Gasteiger partial charge is 0.382 e. The van der Waals surface area contributed by atoms with Crippen molar-refractivity contribution in [3.8, 4) is 0 Å². The molecule has 1 amide bonds. The number of nitrogens with one attached hydrogen (secondary N) is 2. The molecule has 1 aromatic carbocycles. The number of benzene rings is 1. The molecule has 0 fully saturated rings. The average molecular weight is 241 g/mol. The lowest BCUT2D eigenvalue weighted by Crippen LogP contribution is -2.24. The monoisotopic (exact) mass is 241 g/mol. The minimum atomic E-state index is -0.293. The first-order chi connectivity index (χ1) is 8.77. The van der Waals surface area contributed by atoms with Gasteiger partial charge in [-0.25, -0.2) is 10.4 Å². The van der Waals surface area contributed by atoms with Gasteiger partial charge in [-0.1, -0.05) is 18.2 Å². The van der Waals surface area contributed by atoms with Crippen LogP contribution in [0.2, 0.25) is 0 Å². The maximum Gasteiger partial charge on any atom is 0.271 e. The third kappa shape index (κ3) is 2.91. The van der Waals surface area contributed by atoms with Gasteiger partial charge in [0.25, 0.3) is 5.91 Å². The minimum Gasteiger partial charge on any atom is -0.382 e. The molecule has 18 heavy (non-hydrogen) atoms. The highest BCUT2D eigenvalue weighted by atomic mass is 16.2. The van der Waals surface area contributed by atoms with Gasteiger partial charge in [0.05, 0.1) is 5.56 Å². The Kier molecular flexibility index (Phi) is 3.66. The Morgan fingerprint density at radius 2 is 1.83 bits per heavy atom. The van der Waals surface area contributed by atoms with Crippen molar-refractivity contribution in [3.63, 3.8) is 0 Å². The fraction of sp³-hybridized carbons (Fsp3) is 0. The van der Waals surface area contributed by atoms with E-state index in [2.05, 4.69) is 15.5 Å². The van der Waals surface area contributed by atoms with Gasteiger partial charge >= 0.3 is 0 Å². The van der Waals surface area contributed by atoms with Crippen molar-refractivity contribution in [3.05, 3.63) is 66.0 Å². The molecule has 1 aromatic heterocycles. The first-order valence-corrected chi connectivity index (χ1v) is 5.42. The maximum atomic E-state index is 11.7. The predicted octanol–water partition coefficient (Wildman–Crippen LogP) is 0.551. The highest BCUT2D eigenvalue weighted by molar-refractivity contribution is 5.99. The van der Waals surface area contributed by atoms with Crippen molar-refractivity contribution in [1.82, 2.24) is 5.43 Å². The van der Waals surface area contributed by atoms with Crippen LogP contribution in [0, 0.1) is 0 Å². The molecular formula is C13H13N4O+. The van der Waals surface area contributed by atoms with E-state index in [1.165, 1.54) is 0 Å². The van der Waals surface area contributed by atoms with Crippen molar-refractivity contribution in [2.75, 3.05) is 0 Å². The third-order valence-electron chi connectivity index (χ3n) is 2.32. The number of H-pyrrole nitrogens is 1. The summed E-state index contributed by atoms with van der Waals surface area (Å²) in [5.41, 5.74) is 9.39. The molecule has 0 spiro atoms. The summed E-state index contributed by atoms with van der Waals surface area (Å²) >= 11 is 0. The highest BCUT2D eigenvalue weighted by Gasteiger charge is 2.04. The quantitative estimate of drug-likeness (QED) is 0.467. The number of nitrogens with two attached hydrogens (primary N) is 1. The first-order valence-electron chi connectivity index (χ1n) is 5.42. The van der Waals surface area contributed by atoms with Crippen LogP contribution in [-0.2, 0) is 0 Å². The van der Waals surface area contributed by atoms with Gasteiger partial charge in [-0.15, -0.1) is 0 Å². The molecular weight excluding hydrogens is 228 g/mol. The molecule has 4 N–H and O–H groups in total. The van der Waals surface area contributed by atoms with Gasteiger partial charge in [-0.05, 0) is 18.2 Å². The SMILES string of the molecule is NC(=NNC(=O)c1ccccc1)c1ccc[nH+]c1. The number of amidine groups is 1. The van der Waals surface area contributed by atoms with Gasteiger partial charge in [-0.2, -0.15) is 5.10 Å². The Bertz CT molecular complexity index is 552. The van der Waals surface area contributed by atoms with Gasteiger partial charge in [0.15, 0.2) is 18.2 Å². The summed E-state index contributed by atoms with van der Waals surface area (Å²) in [7, 11) is 0. The molecule has 0 aliphatic rings. The number of hydrogen-bond acceptors (Lipinski definition) is 2. The van der Waals surface area contributed by atoms with Crippen molar-refractivity contribution >= 4 is 11.7 Å². The van der Waals surface area contributed by atoms with E-state index < -0.39 is 0 Å². The molecule has 0 atom stereocenters. The van der Waals surface area contributed by atoms with Crippen LogP contribution in [0.25, 0.3) is 0 Å². The van der Waals surface area contributed by atoms with Gasteiger partial charge in [-0.3, -0.25) is 4.79 Å². The van der Waals surface area contributed by atoms with Crippen LogP contribution in [-0.4, -0.2) is 11.7 Å². The molecule has 0 aliphatic carbocycles. The molecule has 0 saturated carbocycles. The molecule has 0 saturated heterocycles. The van der Waals surface area contributed by atoms with E-state index in [0.717, 1.165) is 0 Å². The second-order valence-corrected chi connectivity index (χ2v) is 3.60. The van der Waals surface area contributed by atoms with E-state index in [0.29, 0.717) is 11.1 Å². The van der Waals surface area contributed by atoms with Crippen molar-refractivity contribution in [2.45, 2.75) is 0 Å². The van der Waals surface area contributed by atoms with E-state index in [4.69, 9.17) is 5.73 Å². The van der Waals surface area contributed by atoms with E-state index in [1.807, 2.05) is 6.07 Å². The van der Waals surface area contributed by atoms with Crippen LogP contribution in [0.3, 0.4) is 0 Å². The maximum absolute atomic E-state index is 11.7. The summed E-state index contributed by atoms with van der Waals surface area (Å²) < 4.78 is 0. The summed E-state index contributed by atoms with van der Waals surface area (Å²) in [5.74, 6) is -0.0467. The molecule has 2 aromatic rings. The Hall–Kier alpha value is -2.69. The van der Waals surface area contributed by atoms with Crippen molar-refractivity contribution in [2.24, 2.45) is 10.8 Å². The summed E-state index contributed by atoms with van der Waals surface area (Å²) in [6.45, 7) is 0. The Morgan fingerprint density at radius 1 is 1.11 bits per heavy atom. The number of hydrazone groups is 1. The number of nitrogens with zero attached hydrogens (tertiary/aromatic N) is 1. The fourth-order valence-corrected chi connectivity index (χ4v) is 1.38. The zero-order valence-corrected chi connectivity index (χ0v) is 9.63. The fourth-order valence-electron chi connectivity index (χ4n) is 1.38. The number of carbonyl (C=O) groups is 1. The first kappa shape index (κ1) is 11.8. The van der Waals surface area contributed by atoms with E-state index >= 15 is 0 Å². The summed E-state index contributed by atoms with van der Waals surface area (Å²) in [4.78, 5) is 14.6. The van der Waals surface area contributed by atoms with E-state index in [9.17, 15) is 4.79 Å². The molecule has 1 heterocycles. The normalized spacial score (nSPS) is 11.0.